The van der Waals surface area contributed by atoms with Crippen molar-refractivity contribution in [2.24, 2.45) is 5.92 Å². The van der Waals surface area contributed by atoms with E-state index >= 15 is 0 Å². The fraction of sp³-hybridized carbons (Fsp3) is 0.579. The van der Waals surface area contributed by atoms with Crippen molar-refractivity contribution in [3.63, 3.8) is 0 Å². The third-order valence-electron chi connectivity index (χ3n) is 5.16. The Kier molecular flexibility index (Phi) is 6.24. The summed E-state index contributed by atoms with van der Waals surface area (Å²) in [5.41, 5.74) is 0.398. The van der Waals surface area contributed by atoms with Crippen molar-refractivity contribution in [2.75, 3.05) is 31.5 Å². The molecule has 2 aliphatic rings. The lowest BCUT2D eigenvalue weighted by molar-refractivity contribution is -0.136. The minimum atomic E-state index is -0.309. The predicted octanol–water partition coefficient (Wildman–Crippen LogP) is 3.64. The first-order valence-electron chi connectivity index (χ1n) is 9.24. The molecule has 136 valence electrons. The lowest BCUT2D eigenvalue weighted by Crippen LogP contribution is -2.45. The van der Waals surface area contributed by atoms with Crippen LogP contribution in [-0.4, -0.2) is 47.0 Å². The number of rotatable bonds is 2. The highest BCUT2D eigenvalue weighted by Crippen LogP contribution is 2.23. The second kappa shape index (κ2) is 8.61. The van der Waals surface area contributed by atoms with Crippen LogP contribution in [0.5, 0.6) is 0 Å². The van der Waals surface area contributed by atoms with Crippen molar-refractivity contribution < 1.29 is 9.18 Å². The molecule has 0 saturated carbocycles. The van der Waals surface area contributed by atoms with E-state index < -0.39 is 0 Å². The summed E-state index contributed by atoms with van der Waals surface area (Å²) >= 11 is 5.42. The number of halogens is 1. The smallest absolute Gasteiger partial charge is 0.225 e. The predicted molar refractivity (Wildman–Crippen MR) is 102 cm³/mol. The van der Waals surface area contributed by atoms with Gasteiger partial charge in [0.05, 0.1) is 5.69 Å². The Hall–Kier alpha value is -1.69. The van der Waals surface area contributed by atoms with Gasteiger partial charge < -0.3 is 15.1 Å². The molecular formula is C19H26FN3OS. The van der Waals surface area contributed by atoms with Crippen molar-refractivity contribution in [1.29, 1.82) is 0 Å². The van der Waals surface area contributed by atoms with E-state index in [0.29, 0.717) is 16.7 Å². The molecule has 2 heterocycles. The van der Waals surface area contributed by atoms with E-state index in [1.165, 1.54) is 18.9 Å². The first kappa shape index (κ1) is 18.1. The van der Waals surface area contributed by atoms with Crippen LogP contribution in [0.2, 0.25) is 0 Å². The van der Waals surface area contributed by atoms with Crippen LogP contribution in [0.1, 0.15) is 38.5 Å². The van der Waals surface area contributed by atoms with Crippen molar-refractivity contribution in [3.05, 3.63) is 30.1 Å². The van der Waals surface area contributed by atoms with Crippen molar-refractivity contribution >= 4 is 28.9 Å². The van der Waals surface area contributed by atoms with E-state index in [9.17, 15) is 9.18 Å². The largest absolute Gasteiger partial charge is 0.349 e. The summed E-state index contributed by atoms with van der Waals surface area (Å²) in [7, 11) is 0. The van der Waals surface area contributed by atoms with Crippen molar-refractivity contribution in [2.45, 2.75) is 38.5 Å². The number of piperidine rings is 1. The summed E-state index contributed by atoms with van der Waals surface area (Å²) in [5, 5.41) is 3.52. The van der Waals surface area contributed by atoms with Crippen LogP contribution in [0.4, 0.5) is 10.1 Å². The maximum Gasteiger partial charge on any atom is 0.225 e. The minimum absolute atomic E-state index is 0.102. The first-order chi connectivity index (χ1) is 12.1. The first-order valence-corrected chi connectivity index (χ1v) is 9.65. The fourth-order valence-electron chi connectivity index (χ4n) is 3.64. The molecule has 4 nitrogen and oxygen atoms in total. The summed E-state index contributed by atoms with van der Waals surface area (Å²) < 4.78 is 13.7. The third-order valence-corrected chi connectivity index (χ3v) is 5.52. The summed E-state index contributed by atoms with van der Waals surface area (Å²) in [5.74, 6) is 0.108. The second-order valence-electron chi connectivity index (χ2n) is 6.91. The number of thiocarbonyl (C=S) groups is 1. The third kappa shape index (κ3) is 4.69. The molecule has 0 spiro atoms. The van der Waals surface area contributed by atoms with Crippen LogP contribution in [0.25, 0.3) is 0 Å². The molecule has 0 unspecified atom stereocenters. The average Bonchev–Trinajstić information content (AvgIpc) is 2.92. The van der Waals surface area contributed by atoms with Gasteiger partial charge in [-0.15, -0.1) is 0 Å². The highest BCUT2D eigenvalue weighted by atomic mass is 32.1. The monoisotopic (exact) mass is 363 g/mol. The normalized spacial score (nSPS) is 19.4. The lowest BCUT2D eigenvalue weighted by Gasteiger charge is -2.35. The summed E-state index contributed by atoms with van der Waals surface area (Å²) in [4.78, 5) is 16.8. The molecular weight excluding hydrogens is 337 g/mol. The molecule has 6 heteroatoms. The number of para-hydroxylation sites is 1. The van der Waals surface area contributed by atoms with Crippen LogP contribution >= 0.6 is 12.2 Å². The van der Waals surface area contributed by atoms with Gasteiger partial charge in [-0.25, -0.2) is 4.39 Å². The fourth-order valence-corrected chi connectivity index (χ4v) is 3.93. The van der Waals surface area contributed by atoms with E-state index in [0.717, 1.165) is 51.9 Å². The molecule has 2 saturated heterocycles. The molecule has 0 aromatic heterocycles. The Bertz CT molecular complexity index is 608. The molecule has 1 aromatic carbocycles. The van der Waals surface area contributed by atoms with Gasteiger partial charge in [-0.3, -0.25) is 4.79 Å². The maximum atomic E-state index is 13.7. The zero-order chi connectivity index (χ0) is 17.6. The number of carbonyl (C=O) groups is 1. The number of likely N-dealkylation sites (tertiary alicyclic amines) is 2. The molecule has 3 rings (SSSR count). The zero-order valence-corrected chi connectivity index (χ0v) is 15.4. The van der Waals surface area contributed by atoms with Gasteiger partial charge in [0.2, 0.25) is 5.91 Å². The Morgan fingerprint density at radius 1 is 1.00 bits per heavy atom. The van der Waals surface area contributed by atoms with E-state index in [4.69, 9.17) is 12.2 Å². The standard InChI is InChI=1S/C19H26FN3OS/c20-16-7-3-4-8-17(16)21-19(25)23-13-9-15(10-14-23)18(24)22-11-5-1-2-6-12-22/h3-4,7-8,15H,1-2,5-6,9-14H2,(H,21,25). The van der Waals surface area contributed by atoms with Gasteiger partial charge in [0.15, 0.2) is 5.11 Å². The van der Waals surface area contributed by atoms with E-state index in [-0.39, 0.29) is 11.7 Å². The molecule has 1 amide bonds. The van der Waals surface area contributed by atoms with Crippen LogP contribution in [0.15, 0.2) is 24.3 Å². The topological polar surface area (TPSA) is 35.6 Å². The second-order valence-corrected chi connectivity index (χ2v) is 7.30. The average molecular weight is 364 g/mol. The van der Waals surface area contributed by atoms with Crippen molar-refractivity contribution in [3.8, 4) is 0 Å². The van der Waals surface area contributed by atoms with Crippen LogP contribution in [-0.2, 0) is 4.79 Å². The Balaban J connectivity index is 1.50. The van der Waals surface area contributed by atoms with Gasteiger partial charge in [-0.1, -0.05) is 25.0 Å². The molecule has 0 bridgehead atoms. The number of carbonyl (C=O) groups excluding carboxylic acids is 1. The number of nitrogens with one attached hydrogen (secondary N) is 1. The molecule has 2 aliphatic heterocycles. The van der Waals surface area contributed by atoms with Gasteiger partial charge in [0.25, 0.3) is 0 Å². The van der Waals surface area contributed by atoms with Gasteiger partial charge >= 0.3 is 0 Å². The van der Waals surface area contributed by atoms with E-state index in [1.807, 2.05) is 4.90 Å². The minimum Gasteiger partial charge on any atom is -0.349 e. The van der Waals surface area contributed by atoms with Gasteiger partial charge in [-0.2, -0.15) is 0 Å². The lowest BCUT2D eigenvalue weighted by atomic mass is 9.95. The van der Waals surface area contributed by atoms with E-state index in [1.54, 1.807) is 18.2 Å². The molecule has 1 N–H and O–H groups in total. The van der Waals surface area contributed by atoms with E-state index in [2.05, 4.69) is 10.2 Å². The number of benzene rings is 1. The SMILES string of the molecule is O=C(C1CCN(C(=S)Nc2ccccc2F)CC1)N1CCCCCC1. The highest BCUT2D eigenvalue weighted by molar-refractivity contribution is 7.80. The molecule has 1 aromatic rings. The molecule has 0 aliphatic carbocycles. The number of amides is 1. The Morgan fingerprint density at radius 2 is 1.64 bits per heavy atom. The van der Waals surface area contributed by atoms with Crippen molar-refractivity contribution in [1.82, 2.24) is 9.80 Å². The molecule has 0 atom stereocenters. The quantitative estimate of drug-likeness (QED) is 0.814. The number of nitrogens with zero attached hydrogens (tertiary/aromatic N) is 2. The molecule has 2 fully saturated rings. The maximum absolute atomic E-state index is 13.7. The highest BCUT2D eigenvalue weighted by Gasteiger charge is 2.29. The Morgan fingerprint density at radius 3 is 2.28 bits per heavy atom. The zero-order valence-electron chi connectivity index (χ0n) is 14.5. The van der Waals surface area contributed by atoms with Crippen LogP contribution < -0.4 is 5.32 Å². The molecule has 0 radical (unpaired) electrons. The summed E-state index contributed by atoms with van der Waals surface area (Å²) in [6, 6.07) is 6.53. The van der Waals surface area contributed by atoms with Gasteiger partial charge in [0, 0.05) is 32.1 Å². The number of hydrogen-bond donors (Lipinski definition) is 1. The summed E-state index contributed by atoms with van der Waals surface area (Å²) in [6.07, 6.45) is 6.35. The van der Waals surface area contributed by atoms with Gasteiger partial charge in [-0.05, 0) is 50.0 Å². The number of anilines is 1. The molecule has 25 heavy (non-hydrogen) atoms. The summed E-state index contributed by atoms with van der Waals surface area (Å²) in [6.45, 7) is 3.30. The van der Waals surface area contributed by atoms with Crippen LogP contribution in [0, 0.1) is 11.7 Å². The number of hydrogen-bond acceptors (Lipinski definition) is 2. The van der Waals surface area contributed by atoms with Gasteiger partial charge in [0.1, 0.15) is 5.82 Å². The Labute approximate surface area is 154 Å². The van der Waals surface area contributed by atoms with Crippen LogP contribution in [0.3, 0.4) is 0 Å².